The first-order valence-electron chi connectivity index (χ1n) is 9.51. The summed E-state index contributed by atoms with van der Waals surface area (Å²) in [7, 11) is 3.09. The van der Waals surface area contributed by atoms with Crippen LogP contribution in [0.1, 0.15) is 31.7 Å². The number of imide groups is 1. The van der Waals surface area contributed by atoms with E-state index in [1.807, 2.05) is 6.07 Å². The van der Waals surface area contributed by atoms with Gasteiger partial charge in [0.05, 0.1) is 14.2 Å². The third kappa shape index (κ3) is 3.90. The number of nitrogens with zero attached hydrogens (tertiary/aromatic N) is 2. The molecule has 0 aliphatic carbocycles. The summed E-state index contributed by atoms with van der Waals surface area (Å²) in [4.78, 5) is 40.6. The number of benzene rings is 1. The topological polar surface area (TPSA) is 88.2 Å². The quantitative estimate of drug-likeness (QED) is 0.746. The predicted molar refractivity (Wildman–Crippen MR) is 102 cm³/mol. The van der Waals surface area contributed by atoms with Crippen molar-refractivity contribution in [1.82, 2.24) is 15.1 Å². The van der Waals surface area contributed by atoms with Crippen molar-refractivity contribution in [3.8, 4) is 11.5 Å². The van der Waals surface area contributed by atoms with Gasteiger partial charge in [-0.1, -0.05) is 6.07 Å². The summed E-state index contributed by atoms with van der Waals surface area (Å²) in [5, 5.41) is 2.75. The van der Waals surface area contributed by atoms with E-state index < -0.39 is 17.5 Å². The summed E-state index contributed by atoms with van der Waals surface area (Å²) in [6.45, 7) is 2.83. The molecule has 0 spiro atoms. The highest BCUT2D eigenvalue weighted by Crippen LogP contribution is 2.30. The summed E-state index contributed by atoms with van der Waals surface area (Å²) < 4.78 is 10.5. The second kappa shape index (κ2) is 8.08. The van der Waals surface area contributed by atoms with E-state index in [4.69, 9.17) is 9.47 Å². The van der Waals surface area contributed by atoms with E-state index in [1.54, 1.807) is 38.2 Å². The lowest BCUT2D eigenvalue weighted by Gasteiger charge is -2.28. The molecule has 152 valence electrons. The molecule has 2 heterocycles. The largest absolute Gasteiger partial charge is 0.493 e. The Hall–Kier alpha value is -2.77. The molecule has 8 heteroatoms. The molecule has 0 aromatic heterocycles. The van der Waals surface area contributed by atoms with E-state index in [0.29, 0.717) is 24.6 Å². The molecule has 2 aliphatic rings. The molecule has 0 radical (unpaired) electrons. The zero-order valence-electron chi connectivity index (χ0n) is 16.6. The summed E-state index contributed by atoms with van der Waals surface area (Å²) in [6.07, 6.45) is 3.31. The minimum atomic E-state index is -1.11. The van der Waals surface area contributed by atoms with Gasteiger partial charge in [-0.25, -0.2) is 4.79 Å². The smallest absolute Gasteiger partial charge is 0.325 e. The van der Waals surface area contributed by atoms with Crippen molar-refractivity contribution < 1.29 is 23.9 Å². The van der Waals surface area contributed by atoms with E-state index in [1.165, 1.54) is 0 Å². The molecule has 28 heavy (non-hydrogen) atoms. The number of likely N-dealkylation sites (tertiary alicyclic amines) is 1. The number of piperidine rings is 1. The van der Waals surface area contributed by atoms with Gasteiger partial charge >= 0.3 is 6.03 Å². The average molecular weight is 389 g/mol. The fourth-order valence-electron chi connectivity index (χ4n) is 3.79. The standard InChI is InChI=1S/C20H27N3O5/c1-20(12-14-7-8-15(27-2)16(11-14)28-3)18(25)23(19(26)21-20)13-17(24)22-9-5-4-6-10-22/h7-8,11H,4-6,9-10,12-13H2,1-3H3,(H,21,26)/t20-/m1/s1. The Bertz CT molecular complexity index is 775. The van der Waals surface area contributed by atoms with Crippen molar-refractivity contribution in [2.45, 2.75) is 38.1 Å². The molecule has 0 unspecified atom stereocenters. The van der Waals surface area contributed by atoms with Gasteiger partial charge in [-0.05, 0) is 43.9 Å². The van der Waals surface area contributed by atoms with Crippen LogP contribution in [-0.2, 0) is 16.0 Å². The molecule has 1 aromatic rings. The van der Waals surface area contributed by atoms with Gasteiger partial charge in [0.15, 0.2) is 11.5 Å². The zero-order valence-corrected chi connectivity index (χ0v) is 16.6. The number of nitrogens with one attached hydrogen (secondary N) is 1. The molecular weight excluding hydrogens is 362 g/mol. The lowest BCUT2D eigenvalue weighted by molar-refractivity contribution is -0.139. The zero-order chi connectivity index (χ0) is 20.3. The van der Waals surface area contributed by atoms with E-state index in [0.717, 1.165) is 29.7 Å². The molecule has 3 rings (SSSR count). The van der Waals surface area contributed by atoms with E-state index in [-0.39, 0.29) is 18.9 Å². The Kier molecular flexibility index (Phi) is 5.76. The number of hydrogen-bond acceptors (Lipinski definition) is 5. The Labute approximate surface area is 164 Å². The SMILES string of the molecule is COc1ccc(C[C@@]2(C)NC(=O)N(CC(=O)N3CCCCC3)C2=O)cc1OC. The Morgan fingerprint density at radius 2 is 1.79 bits per heavy atom. The number of urea groups is 1. The maximum atomic E-state index is 13.0. The summed E-state index contributed by atoms with van der Waals surface area (Å²) >= 11 is 0. The molecule has 2 fully saturated rings. The van der Waals surface area contributed by atoms with Crippen LogP contribution in [-0.4, -0.2) is 67.0 Å². The number of rotatable bonds is 6. The molecule has 1 N–H and O–H groups in total. The van der Waals surface area contributed by atoms with Gasteiger partial charge in [-0.15, -0.1) is 0 Å². The maximum Gasteiger partial charge on any atom is 0.325 e. The molecule has 2 saturated heterocycles. The third-order valence-corrected chi connectivity index (χ3v) is 5.35. The van der Waals surface area contributed by atoms with Crippen LogP contribution in [0.5, 0.6) is 11.5 Å². The van der Waals surface area contributed by atoms with Gasteiger partial charge in [-0.3, -0.25) is 14.5 Å². The monoisotopic (exact) mass is 389 g/mol. The molecule has 4 amide bonds. The van der Waals surface area contributed by atoms with Gasteiger partial charge in [0.2, 0.25) is 5.91 Å². The second-order valence-electron chi connectivity index (χ2n) is 7.46. The summed E-state index contributed by atoms with van der Waals surface area (Å²) in [6, 6.07) is 4.84. The van der Waals surface area contributed by atoms with Crippen molar-refractivity contribution in [3.05, 3.63) is 23.8 Å². The first-order chi connectivity index (χ1) is 13.4. The highest BCUT2D eigenvalue weighted by Gasteiger charge is 2.48. The van der Waals surface area contributed by atoms with Crippen LogP contribution < -0.4 is 14.8 Å². The molecule has 2 aliphatic heterocycles. The molecular formula is C20H27N3O5. The van der Waals surface area contributed by atoms with Crippen LogP contribution >= 0.6 is 0 Å². The number of hydrogen-bond donors (Lipinski definition) is 1. The third-order valence-electron chi connectivity index (χ3n) is 5.35. The van der Waals surface area contributed by atoms with Crippen LogP contribution in [0.4, 0.5) is 4.79 Å². The van der Waals surface area contributed by atoms with Crippen LogP contribution in [0.15, 0.2) is 18.2 Å². The fourth-order valence-corrected chi connectivity index (χ4v) is 3.79. The number of carbonyl (C=O) groups is 3. The highest BCUT2D eigenvalue weighted by atomic mass is 16.5. The van der Waals surface area contributed by atoms with Crippen molar-refractivity contribution >= 4 is 17.8 Å². The van der Waals surface area contributed by atoms with E-state index in [9.17, 15) is 14.4 Å². The van der Waals surface area contributed by atoms with Crippen LogP contribution in [0.25, 0.3) is 0 Å². The first-order valence-corrected chi connectivity index (χ1v) is 9.51. The van der Waals surface area contributed by atoms with E-state index >= 15 is 0 Å². The molecule has 1 atom stereocenters. The van der Waals surface area contributed by atoms with E-state index in [2.05, 4.69) is 5.32 Å². The minimum Gasteiger partial charge on any atom is -0.493 e. The van der Waals surface area contributed by atoms with Gasteiger partial charge in [0, 0.05) is 19.5 Å². The normalized spacial score (nSPS) is 22.2. The Morgan fingerprint density at radius 3 is 2.43 bits per heavy atom. The Balaban J connectivity index is 1.71. The lowest BCUT2D eigenvalue weighted by Crippen LogP contribution is -2.47. The molecule has 0 saturated carbocycles. The first kappa shape index (κ1) is 20.0. The number of amides is 4. The van der Waals surface area contributed by atoms with Crippen molar-refractivity contribution in [1.29, 1.82) is 0 Å². The summed E-state index contributed by atoms with van der Waals surface area (Å²) in [5.74, 6) is 0.570. The van der Waals surface area contributed by atoms with Crippen LogP contribution in [0, 0.1) is 0 Å². The minimum absolute atomic E-state index is 0.182. The lowest BCUT2D eigenvalue weighted by atomic mass is 9.92. The molecule has 8 nitrogen and oxygen atoms in total. The predicted octanol–water partition coefficient (Wildman–Crippen LogP) is 1.57. The fraction of sp³-hybridized carbons (Fsp3) is 0.550. The van der Waals surface area contributed by atoms with Crippen molar-refractivity contribution in [2.24, 2.45) is 0 Å². The number of methoxy groups -OCH3 is 2. The van der Waals surface area contributed by atoms with Gasteiger partial charge in [-0.2, -0.15) is 0 Å². The second-order valence-corrected chi connectivity index (χ2v) is 7.46. The average Bonchev–Trinajstić information content (AvgIpc) is 2.91. The van der Waals surface area contributed by atoms with Gasteiger partial charge in [0.25, 0.3) is 5.91 Å². The van der Waals surface area contributed by atoms with Gasteiger partial charge < -0.3 is 19.7 Å². The Morgan fingerprint density at radius 1 is 1.11 bits per heavy atom. The number of carbonyl (C=O) groups excluding carboxylic acids is 3. The van der Waals surface area contributed by atoms with Crippen molar-refractivity contribution in [2.75, 3.05) is 33.9 Å². The molecule has 0 bridgehead atoms. The van der Waals surface area contributed by atoms with Gasteiger partial charge in [0.1, 0.15) is 12.1 Å². The number of ether oxygens (including phenoxy) is 2. The van der Waals surface area contributed by atoms with Crippen LogP contribution in [0.2, 0.25) is 0 Å². The molecule has 1 aromatic carbocycles. The van der Waals surface area contributed by atoms with Crippen molar-refractivity contribution in [3.63, 3.8) is 0 Å². The maximum absolute atomic E-state index is 13.0. The van der Waals surface area contributed by atoms with Crippen LogP contribution in [0.3, 0.4) is 0 Å². The summed E-state index contributed by atoms with van der Waals surface area (Å²) in [5.41, 5.74) is -0.295. The highest BCUT2D eigenvalue weighted by molar-refractivity contribution is 6.08.